The molecule has 0 spiro atoms. The highest BCUT2D eigenvalue weighted by Crippen LogP contribution is 2.33. The van der Waals surface area contributed by atoms with Crippen molar-refractivity contribution in [1.82, 2.24) is 0 Å². The summed E-state index contributed by atoms with van der Waals surface area (Å²) in [5.41, 5.74) is 2.51. The number of benzene rings is 1. The maximum Gasteiger partial charge on any atom is 0.144 e. The van der Waals surface area contributed by atoms with Gasteiger partial charge in [-0.2, -0.15) is 0 Å². The molecule has 0 heterocycles. The summed E-state index contributed by atoms with van der Waals surface area (Å²) in [7, 11) is 0. The van der Waals surface area contributed by atoms with Crippen molar-refractivity contribution in [1.29, 1.82) is 0 Å². The van der Waals surface area contributed by atoms with Gasteiger partial charge >= 0.3 is 0 Å². The lowest BCUT2D eigenvalue weighted by atomic mass is 9.96. The van der Waals surface area contributed by atoms with E-state index in [1.165, 1.54) is 11.1 Å². The van der Waals surface area contributed by atoms with Gasteiger partial charge in [-0.15, -0.1) is 0 Å². The first-order valence-electron chi connectivity index (χ1n) is 4.93. The van der Waals surface area contributed by atoms with Crippen molar-refractivity contribution in [2.45, 2.75) is 32.1 Å². The maximum atomic E-state index is 11.6. The summed E-state index contributed by atoms with van der Waals surface area (Å²) < 4.78 is 0. The van der Waals surface area contributed by atoms with Crippen LogP contribution in [0.25, 0.3) is 0 Å². The van der Waals surface area contributed by atoms with Crippen LogP contribution in [0.1, 0.15) is 36.8 Å². The molecule has 13 heavy (non-hydrogen) atoms. The first-order chi connectivity index (χ1) is 6.33. The largest absolute Gasteiger partial charge is 0.299 e. The van der Waals surface area contributed by atoms with Crippen LogP contribution in [0.4, 0.5) is 0 Å². The predicted molar refractivity (Wildman–Crippen MR) is 52.8 cm³/mol. The second kappa shape index (κ2) is 3.33. The highest BCUT2D eigenvalue weighted by atomic mass is 16.1. The number of Topliss-reactive ketones (excluding diaryl/α,β-unsaturated/α-hetero) is 1. The van der Waals surface area contributed by atoms with Gasteiger partial charge < -0.3 is 0 Å². The van der Waals surface area contributed by atoms with E-state index in [1.807, 2.05) is 12.1 Å². The van der Waals surface area contributed by atoms with Crippen LogP contribution in [0.5, 0.6) is 0 Å². The van der Waals surface area contributed by atoms with Gasteiger partial charge in [-0.25, -0.2) is 0 Å². The molecule has 0 aromatic heterocycles. The Balaban J connectivity index is 2.35. The van der Waals surface area contributed by atoms with Crippen LogP contribution in [0.3, 0.4) is 0 Å². The number of hydrogen-bond acceptors (Lipinski definition) is 1. The molecule has 0 N–H and O–H groups in total. The number of ketones is 1. The molecule has 1 heteroatoms. The van der Waals surface area contributed by atoms with Gasteiger partial charge in [0.15, 0.2) is 0 Å². The van der Waals surface area contributed by atoms with E-state index in [4.69, 9.17) is 0 Å². The number of rotatable bonds is 2. The molecule has 0 aliphatic heterocycles. The van der Waals surface area contributed by atoms with Crippen molar-refractivity contribution < 1.29 is 4.79 Å². The number of hydrogen-bond donors (Lipinski definition) is 0. The molecule has 1 unspecified atom stereocenters. The van der Waals surface area contributed by atoms with Crippen molar-refractivity contribution >= 4 is 5.78 Å². The molecule has 1 aromatic rings. The Morgan fingerprint density at radius 3 is 2.92 bits per heavy atom. The number of carbonyl (C=O) groups excluding carboxylic acids is 1. The van der Waals surface area contributed by atoms with Gasteiger partial charge in [0.25, 0.3) is 0 Å². The van der Waals surface area contributed by atoms with Crippen LogP contribution >= 0.6 is 0 Å². The summed E-state index contributed by atoms with van der Waals surface area (Å²) in [6, 6.07) is 8.21. The molecule has 2 rings (SSSR count). The zero-order chi connectivity index (χ0) is 9.26. The normalized spacial score (nSPS) is 20.4. The highest BCUT2D eigenvalue weighted by Gasteiger charge is 2.28. The van der Waals surface area contributed by atoms with E-state index in [0.717, 1.165) is 12.8 Å². The Morgan fingerprint density at radius 2 is 2.15 bits per heavy atom. The molecule has 1 nitrogen and oxygen atoms in total. The lowest BCUT2D eigenvalue weighted by Crippen LogP contribution is -2.05. The summed E-state index contributed by atoms with van der Waals surface area (Å²) in [6.45, 7) is 2.13. The minimum Gasteiger partial charge on any atom is -0.299 e. The molecule has 68 valence electrons. The predicted octanol–water partition coefficient (Wildman–Crippen LogP) is 2.70. The van der Waals surface area contributed by atoms with Gasteiger partial charge in [-0.05, 0) is 17.5 Å². The summed E-state index contributed by atoms with van der Waals surface area (Å²) >= 11 is 0. The van der Waals surface area contributed by atoms with Crippen LogP contribution in [-0.4, -0.2) is 5.78 Å². The molecule has 1 atom stereocenters. The van der Waals surface area contributed by atoms with Crippen molar-refractivity contribution in [2.75, 3.05) is 0 Å². The van der Waals surface area contributed by atoms with E-state index >= 15 is 0 Å². The minimum atomic E-state index is 0.196. The second-order valence-electron chi connectivity index (χ2n) is 3.68. The summed E-state index contributed by atoms with van der Waals surface area (Å²) in [5.74, 6) is 0.601. The van der Waals surface area contributed by atoms with Gasteiger partial charge in [0.1, 0.15) is 5.78 Å². The van der Waals surface area contributed by atoms with E-state index < -0.39 is 0 Å². The monoisotopic (exact) mass is 174 g/mol. The van der Waals surface area contributed by atoms with E-state index in [0.29, 0.717) is 12.2 Å². The van der Waals surface area contributed by atoms with Crippen molar-refractivity contribution in [3.8, 4) is 0 Å². The molecule has 1 aromatic carbocycles. The molecular formula is C12H14O. The zero-order valence-corrected chi connectivity index (χ0v) is 7.92. The number of carbonyl (C=O) groups is 1. The van der Waals surface area contributed by atoms with E-state index in [-0.39, 0.29) is 5.92 Å². The molecule has 0 radical (unpaired) electrons. The van der Waals surface area contributed by atoms with Crippen LogP contribution in [0.2, 0.25) is 0 Å². The SMILES string of the molecule is CCCC1C(=O)Cc2ccccc21. The van der Waals surface area contributed by atoms with Gasteiger partial charge in [-0.1, -0.05) is 37.6 Å². The molecule has 0 saturated carbocycles. The third kappa shape index (κ3) is 1.39. The molecule has 0 saturated heterocycles. The smallest absolute Gasteiger partial charge is 0.144 e. The fourth-order valence-electron chi connectivity index (χ4n) is 2.12. The molecule has 1 aliphatic rings. The summed E-state index contributed by atoms with van der Waals surface area (Å²) in [4.78, 5) is 11.6. The zero-order valence-electron chi connectivity index (χ0n) is 7.92. The highest BCUT2D eigenvalue weighted by molar-refractivity contribution is 5.92. The molecular weight excluding hydrogens is 160 g/mol. The Hall–Kier alpha value is -1.11. The van der Waals surface area contributed by atoms with Crippen LogP contribution in [0, 0.1) is 0 Å². The third-order valence-electron chi connectivity index (χ3n) is 2.76. The molecule has 0 fully saturated rings. The average molecular weight is 174 g/mol. The van der Waals surface area contributed by atoms with Crippen LogP contribution in [-0.2, 0) is 11.2 Å². The summed E-state index contributed by atoms with van der Waals surface area (Å²) in [5, 5.41) is 0. The van der Waals surface area contributed by atoms with Gasteiger partial charge in [-0.3, -0.25) is 4.79 Å². The average Bonchev–Trinajstić information content (AvgIpc) is 2.44. The first-order valence-corrected chi connectivity index (χ1v) is 4.93. The van der Waals surface area contributed by atoms with Gasteiger partial charge in [0.2, 0.25) is 0 Å². The molecule has 1 aliphatic carbocycles. The van der Waals surface area contributed by atoms with Crippen molar-refractivity contribution in [3.05, 3.63) is 35.4 Å². The van der Waals surface area contributed by atoms with Crippen LogP contribution in [0.15, 0.2) is 24.3 Å². The third-order valence-corrected chi connectivity index (χ3v) is 2.76. The Morgan fingerprint density at radius 1 is 1.38 bits per heavy atom. The maximum absolute atomic E-state index is 11.6. The molecule has 0 amide bonds. The lowest BCUT2D eigenvalue weighted by molar-refractivity contribution is -0.119. The Bertz CT molecular complexity index is 328. The standard InChI is InChI=1S/C12H14O/c1-2-5-11-10-7-4-3-6-9(10)8-12(11)13/h3-4,6-7,11H,2,5,8H2,1H3. The summed E-state index contributed by atoms with van der Waals surface area (Å²) in [6.07, 6.45) is 2.75. The minimum absolute atomic E-state index is 0.196. The lowest BCUT2D eigenvalue weighted by Gasteiger charge is -2.07. The van der Waals surface area contributed by atoms with E-state index in [1.54, 1.807) is 0 Å². The van der Waals surface area contributed by atoms with E-state index in [2.05, 4.69) is 19.1 Å². The van der Waals surface area contributed by atoms with Gasteiger partial charge in [0, 0.05) is 12.3 Å². The quantitative estimate of drug-likeness (QED) is 0.673. The van der Waals surface area contributed by atoms with E-state index in [9.17, 15) is 4.79 Å². The fourth-order valence-corrected chi connectivity index (χ4v) is 2.12. The van der Waals surface area contributed by atoms with Crippen molar-refractivity contribution in [3.63, 3.8) is 0 Å². The number of fused-ring (bicyclic) bond motifs is 1. The van der Waals surface area contributed by atoms with Crippen LogP contribution < -0.4 is 0 Å². The topological polar surface area (TPSA) is 17.1 Å². The van der Waals surface area contributed by atoms with Gasteiger partial charge in [0.05, 0.1) is 0 Å². The first kappa shape index (κ1) is 8.49. The Kier molecular flexibility index (Phi) is 2.17. The molecule has 0 bridgehead atoms. The van der Waals surface area contributed by atoms with Crippen molar-refractivity contribution in [2.24, 2.45) is 0 Å². The fraction of sp³-hybridized carbons (Fsp3) is 0.417. The Labute approximate surface area is 78.8 Å². The second-order valence-corrected chi connectivity index (χ2v) is 3.68.